The van der Waals surface area contributed by atoms with Crippen LogP contribution in [0.15, 0.2) is 12.1 Å². The Balaban J connectivity index is 2.76. The first kappa shape index (κ1) is 15.7. The molecule has 0 bridgehead atoms. The highest BCUT2D eigenvalue weighted by Crippen LogP contribution is 2.29. The van der Waals surface area contributed by atoms with E-state index in [1.54, 1.807) is 0 Å². The summed E-state index contributed by atoms with van der Waals surface area (Å²) in [5, 5.41) is 22.2. The van der Waals surface area contributed by atoms with Gasteiger partial charge < -0.3 is 21.3 Å². The number of aliphatic hydroxyl groups is 2. The monoisotopic (exact) mass is 290 g/mol. The summed E-state index contributed by atoms with van der Waals surface area (Å²) in [6.45, 7) is 1.53. The van der Waals surface area contributed by atoms with Gasteiger partial charge in [0, 0.05) is 24.1 Å². The molecule has 1 rings (SSSR count). The topological polar surface area (TPSA) is 95.6 Å². The normalized spacial score (nSPS) is 13.9. The zero-order valence-electron chi connectivity index (χ0n) is 10.4. The van der Waals surface area contributed by atoms with Crippen LogP contribution in [0.5, 0.6) is 0 Å². The standard InChI is InChI=1S/C12H16ClFN2O3/c1-6(17)16-3-2-10(18)12(19)8-4-7(13)5-9(14)11(8)15/h4-5,10,12,18-19H,2-3,15H2,1H3,(H,16,17). The maximum Gasteiger partial charge on any atom is 0.216 e. The van der Waals surface area contributed by atoms with Crippen molar-refractivity contribution in [1.82, 2.24) is 5.32 Å². The summed E-state index contributed by atoms with van der Waals surface area (Å²) in [5.41, 5.74) is 5.27. The van der Waals surface area contributed by atoms with Gasteiger partial charge in [0.25, 0.3) is 0 Å². The lowest BCUT2D eigenvalue weighted by molar-refractivity contribution is -0.119. The van der Waals surface area contributed by atoms with Crippen LogP contribution in [0.2, 0.25) is 5.02 Å². The van der Waals surface area contributed by atoms with E-state index >= 15 is 0 Å². The molecule has 2 atom stereocenters. The molecule has 106 valence electrons. The van der Waals surface area contributed by atoms with Gasteiger partial charge in [-0.2, -0.15) is 0 Å². The van der Waals surface area contributed by atoms with Gasteiger partial charge in [-0.05, 0) is 18.6 Å². The number of halogens is 2. The summed E-state index contributed by atoms with van der Waals surface area (Å²) in [6, 6.07) is 2.32. The molecule has 0 radical (unpaired) electrons. The lowest BCUT2D eigenvalue weighted by atomic mass is 10.00. The maximum absolute atomic E-state index is 13.4. The molecule has 0 aromatic heterocycles. The summed E-state index contributed by atoms with van der Waals surface area (Å²) >= 11 is 5.67. The van der Waals surface area contributed by atoms with E-state index in [0.29, 0.717) is 0 Å². The molecular weight excluding hydrogens is 275 g/mol. The number of hydrogen-bond donors (Lipinski definition) is 4. The highest BCUT2D eigenvalue weighted by Gasteiger charge is 2.22. The number of nitrogens with one attached hydrogen (secondary N) is 1. The molecule has 2 unspecified atom stereocenters. The Bertz CT molecular complexity index is 471. The fourth-order valence-corrected chi connectivity index (χ4v) is 1.82. The van der Waals surface area contributed by atoms with Gasteiger partial charge in [0.15, 0.2) is 0 Å². The van der Waals surface area contributed by atoms with E-state index in [4.69, 9.17) is 17.3 Å². The fourth-order valence-electron chi connectivity index (χ4n) is 1.61. The van der Waals surface area contributed by atoms with E-state index < -0.39 is 18.0 Å². The molecule has 1 aromatic rings. The number of benzene rings is 1. The maximum atomic E-state index is 13.4. The molecule has 0 aliphatic rings. The Kier molecular flexibility index (Phi) is 5.53. The van der Waals surface area contributed by atoms with Crippen LogP contribution in [0.4, 0.5) is 10.1 Å². The van der Waals surface area contributed by atoms with Crippen LogP contribution < -0.4 is 11.1 Å². The smallest absolute Gasteiger partial charge is 0.216 e. The van der Waals surface area contributed by atoms with Crippen LogP contribution in [-0.4, -0.2) is 28.8 Å². The number of rotatable bonds is 5. The van der Waals surface area contributed by atoms with Gasteiger partial charge in [-0.25, -0.2) is 4.39 Å². The SMILES string of the molecule is CC(=O)NCCC(O)C(O)c1cc(Cl)cc(F)c1N. The Labute approximate surface area is 115 Å². The van der Waals surface area contributed by atoms with Gasteiger partial charge in [0.2, 0.25) is 5.91 Å². The number of nitrogens with two attached hydrogens (primary N) is 1. The molecule has 0 fully saturated rings. The van der Waals surface area contributed by atoms with Crippen LogP contribution in [0.3, 0.4) is 0 Å². The van der Waals surface area contributed by atoms with Gasteiger partial charge in [0.1, 0.15) is 11.9 Å². The highest BCUT2D eigenvalue weighted by atomic mass is 35.5. The van der Waals surface area contributed by atoms with E-state index in [0.717, 1.165) is 6.07 Å². The van der Waals surface area contributed by atoms with Gasteiger partial charge in [-0.15, -0.1) is 0 Å². The van der Waals surface area contributed by atoms with Gasteiger partial charge in [-0.3, -0.25) is 4.79 Å². The van der Waals surface area contributed by atoms with Crippen LogP contribution in [0.25, 0.3) is 0 Å². The Morgan fingerprint density at radius 1 is 1.53 bits per heavy atom. The van der Waals surface area contributed by atoms with Crippen molar-refractivity contribution >= 4 is 23.2 Å². The largest absolute Gasteiger partial charge is 0.396 e. The fraction of sp³-hybridized carbons (Fsp3) is 0.417. The molecule has 0 spiro atoms. The predicted molar refractivity (Wildman–Crippen MR) is 70.1 cm³/mol. The zero-order valence-corrected chi connectivity index (χ0v) is 11.1. The second-order valence-electron chi connectivity index (χ2n) is 4.17. The molecule has 0 aliphatic carbocycles. The third kappa shape index (κ3) is 4.34. The summed E-state index contributed by atoms with van der Waals surface area (Å²) < 4.78 is 13.4. The second kappa shape index (κ2) is 6.70. The average Bonchev–Trinajstić information content (AvgIpc) is 2.32. The van der Waals surface area contributed by atoms with Gasteiger partial charge in [-0.1, -0.05) is 11.6 Å². The average molecular weight is 291 g/mol. The lowest BCUT2D eigenvalue weighted by Crippen LogP contribution is -2.28. The summed E-state index contributed by atoms with van der Waals surface area (Å²) in [6.07, 6.45) is -2.46. The first-order valence-corrected chi connectivity index (χ1v) is 6.05. The zero-order chi connectivity index (χ0) is 14.6. The molecule has 0 saturated carbocycles. The first-order valence-electron chi connectivity index (χ1n) is 5.68. The number of hydrogen-bond acceptors (Lipinski definition) is 4. The minimum absolute atomic E-state index is 0.0281. The molecule has 0 aliphatic heterocycles. The third-order valence-electron chi connectivity index (χ3n) is 2.62. The van der Waals surface area contributed by atoms with Gasteiger partial charge in [0.05, 0.1) is 11.8 Å². The van der Waals surface area contributed by atoms with Crippen molar-refractivity contribution in [1.29, 1.82) is 0 Å². The number of carbonyl (C=O) groups excluding carboxylic acids is 1. The van der Waals surface area contributed by atoms with Crippen molar-refractivity contribution < 1.29 is 19.4 Å². The van der Waals surface area contributed by atoms with Gasteiger partial charge >= 0.3 is 0 Å². The van der Waals surface area contributed by atoms with Crippen molar-refractivity contribution in [3.05, 3.63) is 28.5 Å². The van der Waals surface area contributed by atoms with Crippen LogP contribution >= 0.6 is 11.6 Å². The first-order chi connectivity index (χ1) is 8.82. The Hall–Kier alpha value is -1.37. The van der Waals surface area contributed by atoms with E-state index in [1.165, 1.54) is 13.0 Å². The van der Waals surface area contributed by atoms with Crippen LogP contribution in [0.1, 0.15) is 25.0 Å². The number of amides is 1. The van der Waals surface area contributed by atoms with E-state index in [-0.39, 0.29) is 35.1 Å². The molecule has 5 nitrogen and oxygen atoms in total. The molecule has 0 saturated heterocycles. The molecule has 1 amide bonds. The second-order valence-corrected chi connectivity index (χ2v) is 4.61. The van der Waals surface area contributed by atoms with Crippen molar-refractivity contribution in [2.75, 3.05) is 12.3 Å². The predicted octanol–water partition coefficient (Wildman–Crippen LogP) is 0.982. The number of aliphatic hydroxyl groups excluding tert-OH is 2. The molecular formula is C12H16ClFN2O3. The van der Waals surface area contributed by atoms with Crippen LogP contribution in [0, 0.1) is 5.82 Å². The number of anilines is 1. The Morgan fingerprint density at radius 3 is 2.74 bits per heavy atom. The molecule has 7 heteroatoms. The molecule has 5 N–H and O–H groups in total. The molecule has 19 heavy (non-hydrogen) atoms. The lowest BCUT2D eigenvalue weighted by Gasteiger charge is -2.20. The Morgan fingerprint density at radius 2 is 2.16 bits per heavy atom. The van der Waals surface area contributed by atoms with Crippen molar-refractivity contribution in [2.24, 2.45) is 0 Å². The minimum Gasteiger partial charge on any atom is -0.396 e. The minimum atomic E-state index is -1.37. The van der Waals surface area contributed by atoms with E-state index in [2.05, 4.69) is 5.32 Å². The van der Waals surface area contributed by atoms with Crippen molar-refractivity contribution in [3.63, 3.8) is 0 Å². The van der Waals surface area contributed by atoms with Crippen LogP contribution in [-0.2, 0) is 4.79 Å². The number of carbonyl (C=O) groups is 1. The molecule has 1 aromatic carbocycles. The third-order valence-corrected chi connectivity index (χ3v) is 2.84. The summed E-state index contributed by atoms with van der Waals surface area (Å²) in [4.78, 5) is 10.7. The summed E-state index contributed by atoms with van der Waals surface area (Å²) in [5.74, 6) is -0.995. The number of nitrogen functional groups attached to an aromatic ring is 1. The quantitative estimate of drug-likeness (QED) is 0.608. The highest BCUT2D eigenvalue weighted by molar-refractivity contribution is 6.30. The summed E-state index contributed by atoms with van der Waals surface area (Å²) in [7, 11) is 0. The van der Waals surface area contributed by atoms with E-state index in [9.17, 15) is 19.4 Å². The molecule has 0 heterocycles. The van der Waals surface area contributed by atoms with Crippen molar-refractivity contribution in [3.8, 4) is 0 Å². The van der Waals surface area contributed by atoms with Crippen molar-refractivity contribution in [2.45, 2.75) is 25.6 Å². The van der Waals surface area contributed by atoms with E-state index in [1.807, 2.05) is 0 Å².